The van der Waals surface area contributed by atoms with E-state index in [-0.39, 0.29) is 0 Å². The van der Waals surface area contributed by atoms with Gasteiger partial charge in [-0.05, 0) is 43.1 Å². The van der Waals surface area contributed by atoms with Crippen LogP contribution in [0.25, 0.3) is 0 Å². The van der Waals surface area contributed by atoms with E-state index in [2.05, 4.69) is 29.7 Å². The van der Waals surface area contributed by atoms with Gasteiger partial charge in [0.25, 0.3) is 0 Å². The molecule has 0 spiro atoms. The third-order valence-electron chi connectivity index (χ3n) is 3.16. The number of aryl methyl sites for hydroxylation is 1. The lowest BCUT2D eigenvalue weighted by atomic mass is 10.1. The van der Waals surface area contributed by atoms with Gasteiger partial charge < -0.3 is 15.4 Å². The molecule has 0 aromatic heterocycles. The monoisotopic (exact) mass is 264 g/mol. The molecular formula is C14H20N2OS. The van der Waals surface area contributed by atoms with E-state index in [1.807, 2.05) is 12.1 Å². The van der Waals surface area contributed by atoms with Gasteiger partial charge in [-0.15, -0.1) is 0 Å². The number of hydrogen-bond donors (Lipinski definition) is 2. The molecule has 1 aliphatic rings. The van der Waals surface area contributed by atoms with Crippen LogP contribution in [0.3, 0.4) is 0 Å². The molecule has 1 fully saturated rings. The van der Waals surface area contributed by atoms with E-state index in [0.29, 0.717) is 11.2 Å². The number of ether oxygens (including phenoxy) is 1. The summed E-state index contributed by atoms with van der Waals surface area (Å²) in [6.45, 7) is 3.81. The SMILES string of the molecule is CCc1ccccc1NC(=S)NC[C@H]1CCCO1. The molecule has 1 aliphatic heterocycles. The molecule has 0 aliphatic carbocycles. The maximum absolute atomic E-state index is 5.55. The number of para-hydroxylation sites is 1. The molecule has 4 heteroatoms. The van der Waals surface area contributed by atoms with Crippen LogP contribution in [-0.2, 0) is 11.2 Å². The third kappa shape index (κ3) is 3.68. The average Bonchev–Trinajstić information content (AvgIpc) is 2.90. The predicted molar refractivity (Wildman–Crippen MR) is 79.0 cm³/mol. The maximum Gasteiger partial charge on any atom is 0.170 e. The van der Waals surface area contributed by atoms with Crippen LogP contribution in [0.15, 0.2) is 24.3 Å². The molecule has 98 valence electrons. The lowest BCUT2D eigenvalue weighted by Crippen LogP contribution is -2.35. The molecular weight excluding hydrogens is 244 g/mol. The van der Waals surface area contributed by atoms with Crippen molar-refractivity contribution in [3.05, 3.63) is 29.8 Å². The predicted octanol–water partition coefficient (Wildman–Crippen LogP) is 2.71. The van der Waals surface area contributed by atoms with E-state index in [1.54, 1.807) is 0 Å². The van der Waals surface area contributed by atoms with Crippen molar-refractivity contribution in [3.63, 3.8) is 0 Å². The summed E-state index contributed by atoms with van der Waals surface area (Å²) in [5, 5.41) is 7.14. The Morgan fingerprint density at radius 3 is 3.00 bits per heavy atom. The molecule has 3 nitrogen and oxygen atoms in total. The van der Waals surface area contributed by atoms with Crippen LogP contribution in [-0.4, -0.2) is 24.4 Å². The van der Waals surface area contributed by atoms with Crippen molar-refractivity contribution >= 4 is 23.0 Å². The molecule has 0 unspecified atom stereocenters. The first-order valence-corrected chi connectivity index (χ1v) is 6.94. The largest absolute Gasteiger partial charge is 0.376 e. The van der Waals surface area contributed by atoms with Crippen LogP contribution >= 0.6 is 12.2 Å². The molecule has 1 aromatic rings. The number of hydrogen-bond acceptors (Lipinski definition) is 2. The Hall–Kier alpha value is -1.13. The minimum Gasteiger partial charge on any atom is -0.376 e. The van der Waals surface area contributed by atoms with Crippen molar-refractivity contribution in [3.8, 4) is 0 Å². The van der Waals surface area contributed by atoms with Gasteiger partial charge in [0.1, 0.15) is 0 Å². The number of thiocarbonyl (C=S) groups is 1. The Labute approximate surface area is 114 Å². The van der Waals surface area contributed by atoms with Crippen molar-refractivity contribution in [2.75, 3.05) is 18.5 Å². The van der Waals surface area contributed by atoms with Gasteiger partial charge in [-0.2, -0.15) is 0 Å². The lowest BCUT2D eigenvalue weighted by Gasteiger charge is -2.15. The van der Waals surface area contributed by atoms with Crippen molar-refractivity contribution in [2.45, 2.75) is 32.3 Å². The first-order valence-electron chi connectivity index (χ1n) is 6.54. The molecule has 1 saturated heterocycles. The van der Waals surface area contributed by atoms with Crippen LogP contribution in [0.2, 0.25) is 0 Å². The molecule has 0 saturated carbocycles. The van der Waals surface area contributed by atoms with Crippen LogP contribution in [0, 0.1) is 0 Å². The maximum atomic E-state index is 5.55. The Bertz CT molecular complexity index is 403. The number of benzene rings is 1. The second-order valence-electron chi connectivity index (χ2n) is 4.48. The molecule has 1 heterocycles. The Balaban J connectivity index is 1.82. The van der Waals surface area contributed by atoms with Gasteiger partial charge in [0.15, 0.2) is 5.11 Å². The second-order valence-corrected chi connectivity index (χ2v) is 4.89. The van der Waals surface area contributed by atoms with Crippen LogP contribution < -0.4 is 10.6 Å². The summed E-state index contributed by atoms with van der Waals surface area (Å²) in [5.74, 6) is 0. The van der Waals surface area contributed by atoms with Crippen LogP contribution in [0.1, 0.15) is 25.3 Å². The highest BCUT2D eigenvalue weighted by atomic mass is 32.1. The number of anilines is 1. The summed E-state index contributed by atoms with van der Waals surface area (Å²) < 4.78 is 5.55. The topological polar surface area (TPSA) is 33.3 Å². The summed E-state index contributed by atoms with van der Waals surface area (Å²) >= 11 is 5.30. The summed E-state index contributed by atoms with van der Waals surface area (Å²) in [7, 11) is 0. The Kier molecular flexibility index (Phi) is 4.96. The summed E-state index contributed by atoms with van der Waals surface area (Å²) in [6.07, 6.45) is 3.59. The minimum atomic E-state index is 0.311. The fraction of sp³-hybridized carbons (Fsp3) is 0.500. The van der Waals surface area contributed by atoms with Gasteiger partial charge >= 0.3 is 0 Å². The lowest BCUT2D eigenvalue weighted by molar-refractivity contribution is 0.114. The van der Waals surface area contributed by atoms with E-state index < -0.39 is 0 Å². The molecule has 2 rings (SSSR count). The molecule has 0 radical (unpaired) electrons. The van der Waals surface area contributed by atoms with Gasteiger partial charge in [-0.1, -0.05) is 25.1 Å². The van der Waals surface area contributed by atoms with Crippen LogP contribution in [0.4, 0.5) is 5.69 Å². The molecule has 18 heavy (non-hydrogen) atoms. The Morgan fingerprint density at radius 1 is 1.44 bits per heavy atom. The van der Waals surface area contributed by atoms with E-state index in [0.717, 1.165) is 38.1 Å². The van der Waals surface area contributed by atoms with Crippen molar-refractivity contribution in [1.82, 2.24) is 5.32 Å². The molecule has 0 bridgehead atoms. The van der Waals surface area contributed by atoms with Gasteiger partial charge in [0.2, 0.25) is 0 Å². The molecule has 0 amide bonds. The smallest absolute Gasteiger partial charge is 0.170 e. The third-order valence-corrected chi connectivity index (χ3v) is 3.41. The first-order chi connectivity index (χ1) is 8.79. The molecule has 1 atom stereocenters. The van der Waals surface area contributed by atoms with Gasteiger partial charge in [0, 0.05) is 18.8 Å². The zero-order valence-corrected chi connectivity index (χ0v) is 11.6. The highest BCUT2D eigenvalue weighted by Gasteiger charge is 2.15. The Morgan fingerprint density at radius 2 is 2.28 bits per heavy atom. The summed E-state index contributed by atoms with van der Waals surface area (Å²) in [4.78, 5) is 0. The molecule has 1 aromatic carbocycles. The first kappa shape index (κ1) is 13.3. The van der Waals surface area contributed by atoms with Gasteiger partial charge in [-0.25, -0.2) is 0 Å². The van der Waals surface area contributed by atoms with Gasteiger partial charge in [-0.3, -0.25) is 0 Å². The van der Waals surface area contributed by atoms with E-state index in [4.69, 9.17) is 17.0 Å². The number of nitrogens with one attached hydrogen (secondary N) is 2. The van der Waals surface area contributed by atoms with E-state index in [1.165, 1.54) is 5.56 Å². The molecule has 2 N–H and O–H groups in total. The average molecular weight is 264 g/mol. The van der Waals surface area contributed by atoms with E-state index in [9.17, 15) is 0 Å². The minimum absolute atomic E-state index is 0.311. The highest BCUT2D eigenvalue weighted by Crippen LogP contribution is 2.15. The fourth-order valence-corrected chi connectivity index (χ4v) is 2.32. The van der Waals surface area contributed by atoms with Crippen molar-refractivity contribution in [1.29, 1.82) is 0 Å². The highest BCUT2D eigenvalue weighted by molar-refractivity contribution is 7.80. The van der Waals surface area contributed by atoms with Gasteiger partial charge in [0.05, 0.1) is 6.10 Å². The van der Waals surface area contributed by atoms with Crippen molar-refractivity contribution < 1.29 is 4.74 Å². The number of rotatable bonds is 4. The van der Waals surface area contributed by atoms with Crippen molar-refractivity contribution in [2.24, 2.45) is 0 Å². The standard InChI is InChI=1S/C14H20N2OS/c1-2-11-6-3-4-8-13(11)16-14(18)15-10-12-7-5-9-17-12/h3-4,6,8,12H,2,5,7,9-10H2,1H3,(H2,15,16,18)/t12-/m1/s1. The zero-order chi connectivity index (χ0) is 12.8. The summed E-state index contributed by atoms with van der Waals surface area (Å²) in [5.41, 5.74) is 2.36. The second kappa shape index (κ2) is 6.71. The van der Waals surface area contributed by atoms with E-state index >= 15 is 0 Å². The summed E-state index contributed by atoms with van der Waals surface area (Å²) in [6, 6.07) is 8.24. The fourth-order valence-electron chi connectivity index (χ4n) is 2.13. The van der Waals surface area contributed by atoms with Crippen LogP contribution in [0.5, 0.6) is 0 Å². The normalized spacial score (nSPS) is 18.6. The quantitative estimate of drug-likeness (QED) is 0.819. The zero-order valence-electron chi connectivity index (χ0n) is 10.7.